The first-order chi connectivity index (χ1) is 10.1. The van der Waals surface area contributed by atoms with Crippen molar-refractivity contribution < 1.29 is 9.90 Å². The van der Waals surface area contributed by atoms with Crippen LogP contribution in [0.4, 0.5) is 0 Å². The maximum atomic E-state index is 12.5. The second-order valence-corrected chi connectivity index (χ2v) is 6.15. The number of thioether (sulfide) groups is 1. The summed E-state index contributed by atoms with van der Waals surface area (Å²) in [6.45, 7) is 4.15. The average Bonchev–Trinajstić information content (AvgIpc) is 2.75. The van der Waals surface area contributed by atoms with Crippen LogP contribution in [-0.2, 0) is 0 Å². The minimum Gasteiger partial charge on any atom is -0.396 e. The Labute approximate surface area is 129 Å². The number of amides is 1. The van der Waals surface area contributed by atoms with E-state index in [0.717, 1.165) is 22.3 Å². The molecule has 0 aliphatic rings. The third-order valence-corrected chi connectivity index (χ3v) is 4.50. The number of aromatic amines is 1. The zero-order valence-corrected chi connectivity index (χ0v) is 13.5. The number of benzene rings is 1. The first-order valence-corrected chi connectivity index (χ1v) is 8.46. The van der Waals surface area contributed by atoms with Crippen molar-refractivity contribution in [2.75, 3.05) is 18.6 Å². The molecule has 3 N–H and O–H groups in total. The number of carbonyl (C=O) groups is 1. The number of hydrogen-bond acceptors (Lipinski definition) is 3. The van der Waals surface area contributed by atoms with E-state index < -0.39 is 0 Å². The number of aliphatic hydroxyl groups excluding tert-OH is 1. The Morgan fingerprint density at radius 2 is 2.19 bits per heavy atom. The van der Waals surface area contributed by atoms with Crippen molar-refractivity contribution in [2.45, 2.75) is 26.3 Å². The second kappa shape index (κ2) is 7.00. The molecule has 0 bridgehead atoms. The normalized spacial score (nSPS) is 12.6. The Bertz CT molecular complexity index is 630. The van der Waals surface area contributed by atoms with Crippen LogP contribution in [0.3, 0.4) is 0 Å². The number of fused-ring (bicyclic) bond motifs is 1. The van der Waals surface area contributed by atoms with E-state index in [4.69, 9.17) is 5.11 Å². The van der Waals surface area contributed by atoms with Gasteiger partial charge in [0.15, 0.2) is 0 Å². The summed E-state index contributed by atoms with van der Waals surface area (Å²) in [6.07, 6.45) is 2.57. The van der Waals surface area contributed by atoms with Gasteiger partial charge in [-0.2, -0.15) is 11.8 Å². The van der Waals surface area contributed by atoms with E-state index in [1.165, 1.54) is 5.56 Å². The van der Waals surface area contributed by atoms with Gasteiger partial charge in [0.2, 0.25) is 0 Å². The summed E-state index contributed by atoms with van der Waals surface area (Å²) in [5, 5.41) is 13.2. The lowest BCUT2D eigenvalue weighted by Crippen LogP contribution is -2.37. The van der Waals surface area contributed by atoms with E-state index in [9.17, 15) is 4.79 Å². The zero-order chi connectivity index (χ0) is 15.4. The molecule has 0 saturated carbocycles. The number of hydrogen-bond donors (Lipinski definition) is 3. The molecule has 5 heteroatoms. The molecule has 1 heterocycles. The van der Waals surface area contributed by atoms with Gasteiger partial charge in [-0.1, -0.05) is 12.1 Å². The molecule has 1 aromatic heterocycles. The summed E-state index contributed by atoms with van der Waals surface area (Å²) in [4.78, 5) is 15.8. The van der Waals surface area contributed by atoms with Gasteiger partial charge < -0.3 is 15.4 Å². The summed E-state index contributed by atoms with van der Waals surface area (Å²) < 4.78 is 0. The summed E-state index contributed by atoms with van der Waals surface area (Å²) in [5.41, 5.74) is 3.81. The van der Waals surface area contributed by atoms with Gasteiger partial charge in [0.25, 0.3) is 5.91 Å². The summed E-state index contributed by atoms with van der Waals surface area (Å²) in [5.74, 6) is 0.708. The van der Waals surface area contributed by atoms with Crippen LogP contribution in [-0.4, -0.2) is 40.7 Å². The highest BCUT2D eigenvalue weighted by Crippen LogP contribution is 2.24. The Balaban J connectivity index is 2.28. The minimum absolute atomic E-state index is 0.00934. The van der Waals surface area contributed by atoms with Crippen LogP contribution in [0.1, 0.15) is 28.0 Å². The molecule has 1 unspecified atom stereocenters. The standard InChI is InChI=1S/C16H22N2O2S/c1-10-11(2)17-15-13(10)5-4-6-14(15)16(20)18-12(7-8-19)9-21-3/h4-6,12,17,19H,7-9H2,1-3H3,(H,18,20). The van der Waals surface area contributed by atoms with Crippen LogP contribution < -0.4 is 5.32 Å². The number of nitrogens with one attached hydrogen (secondary N) is 2. The molecule has 0 aliphatic heterocycles. The summed E-state index contributed by atoms with van der Waals surface area (Å²) >= 11 is 1.66. The molecule has 2 rings (SSSR count). The molecule has 1 amide bonds. The highest BCUT2D eigenvalue weighted by atomic mass is 32.2. The molecule has 0 radical (unpaired) electrons. The largest absolute Gasteiger partial charge is 0.396 e. The third-order valence-electron chi connectivity index (χ3n) is 3.77. The highest BCUT2D eigenvalue weighted by molar-refractivity contribution is 7.98. The van der Waals surface area contributed by atoms with Crippen LogP contribution in [0.15, 0.2) is 18.2 Å². The molecule has 4 nitrogen and oxygen atoms in total. The highest BCUT2D eigenvalue weighted by Gasteiger charge is 2.17. The number of aryl methyl sites for hydroxylation is 2. The fourth-order valence-electron chi connectivity index (χ4n) is 2.49. The van der Waals surface area contributed by atoms with Crippen LogP contribution in [0.25, 0.3) is 10.9 Å². The van der Waals surface area contributed by atoms with E-state index in [1.807, 2.05) is 31.4 Å². The Morgan fingerprint density at radius 1 is 1.43 bits per heavy atom. The average molecular weight is 306 g/mol. The molecule has 1 aromatic carbocycles. The van der Waals surface area contributed by atoms with Gasteiger partial charge >= 0.3 is 0 Å². The van der Waals surface area contributed by atoms with Crippen molar-refractivity contribution in [2.24, 2.45) is 0 Å². The predicted octanol–water partition coefficient (Wildman–Crippen LogP) is 2.63. The van der Waals surface area contributed by atoms with Crippen molar-refractivity contribution in [3.05, 3.63) is 35.0 Å². The predicted molar refractivity (Wildman–Crippen MR) is 89.1 cm³/mol. The SMILES string of the molecule is CSCC(CCO)NC(=O)c1cccc2c(C)c(C)[nH]c12. The smallest absolute Gasteiger partial charge is 0.253 e. The first-order valence-electron chi connectivity index (χ1n) is 7.07. The van der Waals surface area contributed by atoms with Gasteiger partial charge in [0.05, 0.1) is 11.1 Å². The second-order valence-electron chi connectivity index (χ2n) is 5.24. The molecule has 1 atom stereocenters. The number of rotatable bonds is 6. The van der Waals surface area contributed by atoms with Gasteiger partial charge in [0, 0.05) is 29.5 Å². The lowest BCUT2D eigenvalue weighted by atomic mass is 10.1. The van der Waals surface area contributed by atoms with Crippen molar-refractivity contribution in [3.8, 4) is 0 Å². The number of aromatic nitrogens is 1. The monoisotopic (exact) mass is 306 g/mol. The van der Waals surface area contributed by atoms with Crippen molar-refractivity contribution in [1.82, 2.24) is 10.3 Å². The molecular weight excluding hydrogens is 284 g/mol. The van der Waals surface area contributed by atoms with Gasteiger partial charge in [-0.25, -0.2) is 0 Å². The van der Waals surface area contributed by atoms with E-state index in [-0.39, 0.29) is 18.6 Å². The lowest BCUT2D eigenvalue weighted by Gasteiger charge is -2.17. The summed E-state index contributed by atoms with van der Waals surface area (Å²) in [7, 11) is 0. The van der Waals surface area contributed by atoms with Crippen LogP contribution >= 0.6 is 11.8 Å². The number of aliphatic hydroxyl groups is 1. The quantitative estimate of drug-likeness (QED) is 0.768. The molecule has 0 spiro atoms. The Hall–Kier alpha value is -1.46. The van der Waals surface area contributed by atoms with Crippen LogP contribution in [0.5, 0.6) is 0 Å². The van der Waals surface area contributed by atoms with Crippen molar-refractivity contribution in [3.63, 3.8) is 0 Å². The van der Waals surface area contributed by atoms with Gasteiger partial charge in [-0.3, -0.25) is 4.79 Å². The van der Waals surface area contributed by atoms with E-state index in [2.05, 4.69) is 17.2 Å². The molecular formula is C16H22N2O2S. The molecule has 0 saturated heterocycles. The third kappa shape index (κ3) is 3.41. The maximum absolute atomic E-state index is 12.5. The van der Waals surface area contributed by atoms with Crippen molar-refractivity contribution >= 4 is 28.6 Å². The van der Waals surface area contributed by atoms with Crippen molar-refractivity contribution in [1.29, 1.82) is 0 Å². The van der Waals surface area contributed by atoms with Gasteiger partial charge in [-0.15, -0.1) is 0 Å². The molecule has 0 aliphatic carbocycles. The van der Waals surface area contributed by atoms with Gasteiger partial charge in [-0.05, 0) is 38.2 Å². The van der Waals surface area contributed by atoms with E-state index in [0.29, 0.717) is 12.0 Å². The topological polar surface area (TPSA) is 65.1 Å². The van der Waals surface area contributed by atoms with E-state index >= 15 is 0 Å². The molecule has 0 fully saturated rings. The fourth-order valence-corrected chi connectivity index (χ4v) is 3.14. The number of H-pyrrole nitrogens is 1. The van der Waals surface area contributed by atoms with Crippen LogP contribution in [0.2, 0.25) is 0 Å². The zero-order valence-electron chi connectivity index (χ0n) is 12.7. The number of para-hydroxylation sites is 1. The number of carbonyl (C=O) groups excluding carboxylic acids is 1. The lowest BCUT2D eigenvalue weighted by molar-refractivity contribution is 0.0937. The minimum atomic E-state index is -0.0886. The molecule has 2 aromatic rings. The maximum Gasteiger partial charge on any atom is 0.253 e. The van der Waals surface area contributed by atoms with E-state index in [1.54, 1.807) is 11.8 Å². The molecule has 114 valence electrons. The Morgan fingerprint density at radius 3 is 2.86 bits per heavy atom. The van der Waals surface area contributed by atoms with Gasteiger partial charge in [0.1, 0.15) is 0 Å². The van der Waals surface area contributed by atoms with Crippen LogP contribution in [0, 0.1) is 13.8 Å². The molecule has 21 heavy (non-hydrogen) atoms. The summed E-state index contributed by atoms with van der Waals surface area (Å²) in [6, 6.07) is 5.76. The first kappa shape index (κ1) is 15.9. The Kier molecular flexibility index (Phi) is 5.31. The fraction of sp³-hybridized carbons (Fsp3) is 0.438.